The number of phenols is 2. The topological polar surface area (TPSA) is 98.7 Å². The number of amides is 1. The Morgan fingerprint density at radius 3 is 2.52 bits per heavy atom. The maximum absolute atomic E-state index is 13.5. The third kappa shape index (κ3) is 3.57. The van der Waals surface area contributed by atoms with E-state index in [2.05, 4.69) is 10.2 Å². The van der Waals surface area contributed by atoms with Crippen molar-refractivity contribution in [3.63, 3.8) is 0 Å². The number of aromatic hydroxyl groups is 2. The number of hydrogen-bond acceptors (Lipinski definition) is 5. The summed E-state index contributed by atoms with van der Waals surface area (Å²) in [6.07, 6.45) is 0.682. The van der Waals surface area contributed by atoms with E-state index >= 15 is 0 Å². The summed E-state index contributed by atoms with van der Waals surface area (Å²) in [6.45, 7) is 0.486. The zero-order valence-electron chi connectivity index (χ0n) is 18.0. The number of para-hydroxylation sites is 1. The number of H-pyrrole nitrogens is 1. The Kier molecular flexibility index (Phi) is 5.22. The highest BCUT2D eigenvalue weighted by Gasteiger charge is 2.42. The summed E-state index contributed by atoms with van der Waals surface area (Å²) in [4.78, 5) is 15.3. The van der Waals surface area contributed by atoms with E-state index in [1.165, 1.54) is 7.11 Å². The quantitative estimate of drug-likeness (QED) is 0.415. The van der Waals surface area contributed by atoms with E-state index in [9.17, 15) is 15.0 Å². The van der Waals surface area contributed by atoms with Crippen molar-refractivity contribution >= 4 is 5.91 Å². The lowest BCUT2D eigenvalue weighted by Crippen LogP contribution is -2.31. The number of carbonyl (C=O) groups excluding carboxylic acids is 1. The lowest BCUT2D eigenvalue weighted by Gasteiger charge is -2.27. The van der Waals surface area contributed by atoms with Crippen LogP contribution in [0.25, 0.3) is 11.3 Å². The Balaban J connectivity index is 1.62. The second-order valence-electron chi connectivity index (χ2n) is 7.95. The Morgan fingerprint density at radius 1 is 1.00 bits per heavy atom. The van der Waals surface area contributed by atoms with Crippen LogP contribution in [-0.2, 0) is 6.42 Å². The first-order chi connectivity index (χ1) is 16.1. The molecule has 4 aromatic rings. The molecular formula is C26H23N3O4. The van der Waals surface area contributed by atoms with Crippen LogP contribution in [0.2, 0.25) is 0 Å². The first-order valence-electron chi connectivity index (χ1n) is 10.7. The molecule has 0 saturated carbocycles. The normalized spacial score (nSPS) is 15.0. The summed E-state index contributed by atoms with van der Waals surface area (Å²) >= 11 is 0. The number of fused-ring (bicyclic) bond motifs is 1. The average Bonchev–Trinajstić information content (AvgIpc) is 3.38. The molecule has 0 radical (unpaired) electrons. The van der Waals surface area contributed by atoms with E-state index in [-0.39, 0.29) is 17.4 Å². The minimum absolute atomic E-state index is 0.0229. The van der Waals surface area contributed by atoms with E-state index in [0.717, 1.165) is 11.1 Å². The molecule has 0 aliphatic carbocycles. The Bertz CT molecular complexity index is 1320. The summed E-state index contributed by atoms with van der Waals surface area (Å²) in [7, 11) is 1.49. The van der Waals surface area contributed by atoms with Gasteiger partial charge in [-0.05, 0) is 41.8 Å². The van der Waals surface area contributed by atoms with Crippen molar-refractivity contribution in [2.24, 2.45) is 0 Å². The van der Waals surface area contributed by atoms with Crippen molar-refractivity contribution in [1.29, 1.82) is 0 Å². The number of carbonyl (C=O) groups is 1. The average molecular weight is 441 g/mol. The highest BCUT2D eigenvalue weighted by Crippen LogP contribution is 2.45. The highest BCUT2D eigenvalue weighted by molar-refractivity contribution is 6.00. The summed E-state index contributed by atoms with van der Waals surface area (Å²) in [5, 5.41) is 27.9. The molecule has 7 heteroatoms. The number of aromatic nitrogens is 2. The number of nitrogens with one attached hydrogen (secondary N) is 1. The Morgan fingerprint density at radius 2 is 1.76 bits per heavy atom. The fourth-order valence-electron chi connectivity index (χ4n) is 4.41. The van der Waals surface area contributed by atoms with Gasteiger partial charge in [0.2, 0.25) is 0 Å². The smallest absolute Gasteiger partial charge is 0.273 e. The Labute approximate surface area is 190 Å². The van der Waals surface area contributed by atoms with Crippen LogP contribution in [0.3, 0.4) is 0 Å². The van der Waals surface area contributed by atoms with Crippen LogP contribution in [0.1, 0.15) is 33.2 Å². The molecule has 1 aromatic heterocycles. The van der Waals surface area contributed by atoms with Crippen molar-refractivity contribution in [2.45, 2.75) is 12.5 Å². The first-order valence-corrected chi connectivity index (χ1v) is 10.7. The summed E-state index contributed by atoms with van der Waals surface area (Å²) in [5.41, 5.74) is 4.07. The van der Waals surface area contributed by atoms with Crippen molar-refractivity contribution in [3.8, 4) is 28.5 Å². The zero-order valence-corrected chi connectivity index (χ0v) is 18.0. The number of ether oxygens (including phenoxy) is 1. The van der Waals surface area contributed by atoms with Gasteiger partial charge in [0, 0.05) is 17.7 Å². The molecule has 1 amide bonds. The van der Waals surface area contributed by atoms with Gasteiger partial charge < -0.3 is 19.8 Å². The lowest BCUT2D eigenvalue weighted by atomic mass is 9.95. The van der Waals surface area contributed by atoms with Crippen LogP contribution in [0.5, 0.6) is 17.2 Å². The Hall–Kier alpha value is -4.26. The molecule has 3 aromatic carbocycles. The van der Waals surface area contributed by atoms with Crippen molar-refractivity contribution in [1.82, 2.24) is 15.1 Å². The fourth-order valence-corrected chi connectivity index (χ4v) is 4.41. The predicted octanol–water partition coefficient (Wildman–Crippen LogP) is 4.28. The van der Waals surface area contributed by atoms with Gasteiger partial charge in [0.15, 0.2) is 11.5 Å². The highest BCUT2D eigenvalue weighted by atomic mass is 16.5. The maximum Gasteiger partial charge on any atom is 0.273 e. The van der Waals surface area contributed by atoms with Crippen LogP contribution in [0.4, 0.5) is 0 Å². The van der Waals surface area contributed by atoms with Crippen LogP contribution in [-0.4, -0.2) is 44.9 Å². The minimum atomic E-state index is -0.459. The first kappa shape index (κ1) is 20.6. The van der Waals surface area contributed by atoms with Gasteiger partial charge in [-0.25, -0.2) is 0 Å². The van der Waals surface area contributed by atoms with E-state index in [0.29, 0.717) is 41.2 Å². The molecular weight excluding hydrogens is 418 g/mol. The van der Waals surface area contributed by atoms with E-state index < -0.39 is 6.04 Å². The van der Waals surface area contributed by atoms with E-state index in [1.54, 1.807) is 41.3 Å². The summed E-state index contributed by atoms with van der Waals surface area (Å²) < 4.78 is 5.32. The molecule has 166 valence electrons. The largest absolute Gasteiger partial charge is 0.507 e. The van der Waals surface area contributed by atoms with Crippen molar-refractivity contribution in [3.05, 3.63) is 95.2 Å². The van der Waals surface area contributed by atoms with Gasteiger partial charge in [-0.1, -0.05) is 48.5 Å². The lowest BCUT2D eigenvalue weighted by molar-refractivity contribution is 0.0746. The number of phenolic OH excluding ortho intramolecular Hbond substituents is 2. The molecule has 1 aliphatic heterocycles. The maximum atomic E-state index is 13.5. The molecule has 0 bridgehead atoms. The molecule has 0 saturated heterocycles. The number of rotatable bonds is 6. The molecule has 0 spiro atoms. The molecule has 2 heterocycles. The van der Waals surface area contributed by atoms with Gasteiger partial charge in [0.25, 0.3) is 5.91 Å². The molecule has 33 heavy (non-hydrogen) atoms. The van der Waals surface area contributed by atoms with E-state index in [4.69, 9.17) is 4.74 Å². The molecule has 0 fully saturated rings. The van der Waals surface area contributed by atoms with Crippen LogP contribution >= 0.6 is 0 Å². The molecule has 1 aliphatic rings. The van der Waals surface area contributed by atoms with E-state index in [1.807, 2.05) is 36.4 Å². The molecule has 5 rings (SSSR count). The van der Waals surface area contributed by atoms with Crippen molar-refractivity contribution in [2.75, 3.05) is 13.7 Å². The second-order valence-corrected chi connectivity index (χ2v) is 7.95. The third-order valence-corrected chi connectivity index (χ3v) is 6.03. The van der Waals surface area contributed by atoms with Crippen molar-refractivity contribution < 1.29 is 19.7 Å². The number of nitrogens with zero attached hydrogens (tertiary/aromatic N) is 2. The molecule has 7 nitrogen and oxygen atoms in total. The van der Waals surface area contributed by atoms with Crippen LogP contribution in [0, 0.1) is 0 Å². The SMILES string of the molecule is COc1cc([C@H]2c3c(-c4ccccc4O)n[nH]c3C(=O)N2CCc2ccccc2)ccc1O. The standard InChI is InChI=1S/C26H23N3O4/c1-33-21-15-17(11-12-20(21)31)25-22-23(18-9-5-6-10-19(18)30)27-28-24(22)26(32)29(25)14-13-16-7-3-2-4-8-16/h2-12,15,25,30-31H,13-14H2,1H3,(H,27,28)/t25-/m0/s1. The molecule has 3 N–H and O–H groups in total. The summed E-state index contributed by atoms with van der Waals surface area (Å²) in [6, 6.07) is 21.5. The van der Waals surface area contributed by atoms with Gasteiger partial charge in [0.05, 0.1) is 13.2 Å². The number of hydrogen-bond donors (Lipinski definition) is 3. The fraction of sp³-hybridized carbons (Fsp3) is 0.154. The molecule has 1 atom stereocenters. The monoisotopic (exact) mass is 441 g/mol. The van der Waals surface area contributed by atoms with Gasteiger partial charge in [-0.2, -0.15) is 5.10 Å². The van der Waals surface area contributed by atoms with Gasteiger partial charge in [0.1, 0.15) is 17.1 Å². The number of aromatic amines is 1. The molecule has 0 unspecified atom stereocenters. The number of methoxy groups -OCH3 is 1. The minimum Gasteiger partial charge on any atom is -0.507 e. The third-order valence-electron chi connectivity index (χ3n) is 6.03. The van der Waals surface area contributed by atoms with Crippen LogP contribution in [0.15, 0.2) is 72.8 Å². The zero-order chi connectivity index (χ0) is 22.9. The second kappa shape index (κ2) is 8.35. The predicted molar refractivity (Wildman–Crippen MR) is 123 cm³/mol. The van der Waals surface area contributed by atoms with Gasteiger partial charge >= 0.3 is 0 Å². The van der Waals surface area contributed by atoms with Gasteiger partial charge in [-0.15, -0.1) is 0 Å². The summed E-state index contributed by atoms with van der Waals surface area (Å²) in [5.74, 6) is 0.273. The number of benzene rings is 3. The van der Waals surface area contributed by atoms with Gasteiger partial charge in [-0.3, -0.25) is 9.89 Å². The van der Waals surface area contributed by atoms with Crippen LogP contribution < -0.4 is 4.74 Å².